The first-order valence-corrected chi connectivity index (χ1v) is 34.0. The number of hydrogen-bond acceptors (Lipinski definition) is 6. The van der Waals surface area contributed by atoms with E-state index in [9.17, 15) is 14.4 Å². The first-order valence-electron chi connectivity index (χ1n) is 34.0. The molecule has 0 rings (SSSR count). The molecule has 0 fully saturated rings. The number of carbonyl (C=O) groups is 3. The molecule has 0 aromatic heterocycles. The quantitative estimate of drug-likeness (QED) is 0.0261. The van der Waals surface area contributed by atoms with E-state index in [2.05, 4.69) is 142 Å². The summed E-state index contributed by atoms with van der Waals surface area (Å²) in [6, 6.07) is 0. The monoisotopic (exact) mass is 1120 g/mol. The molecule has 6 nitrogen and oxygen atoms in total. The Morgan fingerprint density at radius 3 is 0.778 bits per heavy atom. The van der Waals surface area contributed by atoms with Crippen LogP contribution in [-0.2, 0) is 28.6 Å². The lowest BCUT2D eigenvalue weighted by Gasteiger charge is -2.18. The molecule has 0 spiro atoms. The Morgan fingerprint density at radius 2 is 0.481 bits per heavy atom. The standard InChI is InChI=1S/C75H126O6/c1-4-7-10-13-16-19-22-25-28-31-33-35-37-39-41-44-47-50-53-56-59-62-65-68-74(77)80-71-72(70-79-73(76)67-64-61-58-55-52-49-46-43-30-27-24-21-18-15-12-9-6-3)81-75(78)69-66-63-60-57-54-51-48-45-42-40-38-36-34-32-29-26-23-20-17-14-11-8-5-2/h7,10,16,18-19,21,23,25-28,30,32-35,38-41,72H,4-6,8-9,11-15,17,20,22,24,29,31,36-37,42-71H2,1-3H3/b10-7-,19-16-,21-18-,26-23-,28-25-,30-27-,34-32-,35-33-,40-38-,41-39-. The van der Waals surface area contributed by atoms with Crippen molar-refractivity contribution < 1.29 is 28.6 Å². The Bertz CT molecular complexity index is 1670. The fourth-order valence-corrected chi connectivity index (χ4v) is 9.33. The zero-order chi connectivity index (χ0) is 58.5. The number of rotatable bonds is 61. The van der Waals surface area contributed by atoms with Crippen LogP contribution in [0.3, 0.4) is 0 Å². The average molecular weight is 1120 g/mol. The SMILES string of the molecule is CC/C=C\C/C=C\C/C=C\C/C=C\C/C=C\CCCCCCCCCC(=O)OCC(COC(=O)CCCCCCCCC/C=C\C/C=C\CCCCC)OC(=O)CCCCCCCCCC/C=C\C/C=C\C/C=C\CCCCCCC. The minimum Gasteiger partial charge on any atom is -0.462 e. The van der Waals surface area contributed by atoms with Crippen molar-refractivity contribution in [3.63, 3.8) is 0 Å². The molecule has 1 unspecified atom stereocenters. The predicted octanol–water partition coefficient (Wildman–Crippen LogP) is 23.6. The van der Waals surface area contributed by atoms with Crippen LogP contribution < -0.4 is 0 Å². The smallest absolute Gasteiger partial charge is 0.306 e. The Kier molecular flexibility index (Phi) is 64.8. The minimum absolute atomic E-state index is 0.0906. The Balaban J connectivity index is 4.44. The molecule has 0 saturated carbocycles. The van der Waals surface area contributed by atoms with Gasteiger partial charge in [0.15, 0.2) is 6.10 Å². The average Bonchev–Trinajstić information content (AvgIpc) is 3.47. The topological polar surface area (TPSA) is 78.9 Å². The van der Waals surface area contributed by atoms with Crippen molar-refractivity contribution >= 4 is 17.9 Å². The van der Waals surface area contributed by atoms with Gasteiger partial charge in [0.25, 0.3) is 0 Å². The summed E-state index contributed by atoms with van der Waals surface area (Å²) < 4.78 is 17.0. The summed E-state index contributed by atoms with van der Waals surface area (Å²) in [5, 5.41) is 0. The van der Waals surface area contributed by atoms with Crippen molar-refractivity contribution in [1.29, 1.82) is 0 Å². The highest BCUT2D eigenvalue weighted by atomic mass is 16.6. The molecular weight excluding hydrogens is 997 g/mol. The second-order valence-corrected chi connectivity index (χ2v) is 22.3. The van der Waals surface area contributed by atoms with Gasteiger partial charge in [-0.1, -0.05) is 284 Å². The van der Waals surface area contributed by atoms with E-state index in [1.165, 1.54) is 148 Å². The van der Waals surface area contributed by atoms with Crippen LogP contribution in [0.25, 0.3) is 0 Å². The second-order valence-electron chi connectivity index (χ2n) is 22.3. The largest absolute Gasteiger partial charge is 0.462 e. The molecular formula is C75H126O6. The van der Waals surface area contributed by atoms with Gasteiger partial charge in [-0.2, -0.15) is 0 Å². The van der Waals surface area contributed by atoms with Crippen LogP contribution in [0.1, 0.15) is 316 Å². The van der Waals surface area contributed by atoms with Crippen molar-refractivity contribution in [3.8, 4) is 0 Å². The lowest BCUT2D eigenvalue weighted by atomic mass is 10.1. The highest BCUT2D eigenvalue weighted by molar-refractivity contribution is 5.71. The van der Waals surface area contributed by atoms with Crippen LogP contribution in [0.15, 0.2) is 122 Å². The maximum atomic E-state index is 13.0. The summed E-state index contributed by atoms with van der Waals surface area (Å²) >= 11 is 0. The summed E-state index contributed by atoms with van der Waals surface area (Å²) in [5.41, 5.74) is 0. The Labute approximate surface area is 501 Å². The van der Waals surface area contributed by atoms with Gasteiger partial charge in [0.2, 0.25) is 0 Å². The summed E-state index contributed by atoms with van der Waals surface area (Å²) in [5.74, 6) is -0.908. The van der Waals surface area contributed by atoms with Crippen LogP contribution in [0.4, 0.5) is 0 Å². The van der Waals surface area contributed by atoms with Crippen LogP contribution in [0.2, 0.25) is 0 Å². The van der Waals surface area contributed by atoms with Crippen molar-refractivity contribution in [2.45, 2.75) is 322 Å². The van der Waals surface area contributed by atoms with Gasteiger partial charge in [0, 0.05) is 19.3 Å². The van der Waals surface area contributed by atoms with E-state index in [4.69, 9.17) is 14.2 Å². The third kappa shape index (κ3) is 66.5. The summed E-state index contributed by atoms with van der Waals surface area (Å²) in [6.07, 6.45) is 94.8. The van der Waals surface area contributed by atoms with Gasteiger partial charge in [-0.3, -0.25) is 14.4 Å². The zero-order valence-electron chi connectivity index (χ0n) is 53.0. The maximum Gasteiger partial charge on any atom is 0.306 e. The number of carbonyl (C=O) groups excluding carboxylic acids is 3. The first kappa shape index (κ1) is 76.8. The van der Waals surface area contributed by atoms with Crippen LogP contribution >= 0.6 is 0 Å². The molecule has 0 heterocycles. The highest BCUT2D eigenvalue weighted by Gasteiger charge is 2.19. The molecule has 462 valence electrons. The summed E-state index contributed by atoms with van der Waals surface area (Å²) in [7, 11) is 0. The van der Waals surface area contributed by atoms with E-state index in [-0.39, 0.29) is 31.1 Å². The molecule has 1 atom stereocenters. The molecule has 0 bridgehead atoms. The lowest BCUT2D eigenvalue weighted by molar-refractivity contribution is -0.167. The van der Waals surface area contributed by atoms with E-state index in [0.29, 0.717) is 19.3 Å². The normalized spacial score (nSPS) is 12.9. The van der Waals surface area contributed by atoms with Gasteiger partial charge in [-0.15, -0.1) is 0 Å². The summed E-state index contributed by atoms with van der Waals surface area (Å²) in [6.45, 7) is 6.49. The predicted molar refractivity (Wildman–Crippen MR) is 353 cm³/mol. The molecule has 6 heteroatoms. The van der Waals surface area contributed by atoms with Crippen LogP contribution in [0, 0.1) is 0 Å². The molecule has 0 aromatic carbocycles. The third-order valence-electron chi connectivity index (χ3n) is 14.4. The number of unbranched alkanes of at least 4 members (excludes halogenated alkanes) is 30. The zero-order valence-corrected chi connectivity index (χ0v) is 53.0. The van der Waals surface area contributed by atoms with E-state index >= 15 is 0 Å². The molecule has 0 N–H and O–H groups in total. The van der Waals surface area contributed by atoms with Crippen LogP contribution in [0.5, 0.6) is 0 Å². The highest BCUT2D eigenvalue weighted by Crippen LogP contribution is 2.16. The molecule has 0 aromatic rings. The summed E-state index contributed by atoms with van der Waals surface area (Å²) in [4.78, 5) is 38.5. The Morgan fingerprint density at radius 1 is 0.259 bits per heavy atom. The van der Waals surface area contributed by atoms with E-state index < -0.39 is 6.10 Å². The fourth-order valence-electron chi connectivity index (χ4n) is 9.33. The van der Waals surface area contributed by atoms with E-state index in [0.717, 1.165) is 128 Å². The fraction of sp³-hybridized carbons (Fsp3) is 0.693. The molecule has 0 radical (unpaired) electrons. The molecule has 0 aliphatic rings. The van der Waals surface area contributed by atoms with Crippen LogP contribution in [-0.4, -0.2) is 37.2 Å². The minimum atomic E-state index is -0.796. The number of esters is 3. The van der Waals surface area contributed by atoms with Crippen molar-refractivity contribution in [1.82, 2.24) is 0 Å². The third-order valence-corrected chi connectivity index (χ3v) is 14.4. The molecule has 0 aliphatic carbocycles. The molecule has 0 aliphatic heterocycles. The lowest BCUT2D eigenvalue weighted by Crippen LogP contribution is -2.30. The number of hydrogen-bond donors (Lipinski definition) is 0. The van der Waals surface area contributed by atoms with Gasteiger partial charge < -0.3 is 14.2 Å². The number of allylic oxidation sites excluding steroid dienone is 20. The molecule has 0 saturated heterocycles. The van der Waals surface area contributed by atoms with Crippen molar-refractivity contribution in [2.24, 2.45) is 0 Å². The van der Waals surface area contributed by atoms with Gasteiger partial charge >= 0.3 is 17.9 Å². The Hall–Kier alpha value is -4.19. The van der Waals surface area contributed by atoms with E-state index in [1.807, 2.05) is 0 Å². The first-order chi connectivity index (χ1) is 40.0. The van der Waals surface area contributed by atoms with Crippen molar-refractivity contribution in [3.05, 3.63) is 122 Å². The second kappa shape index (κ2) is 68.3. The van der Waals surface area contributed by atoms with Gasteiger partial charge in [-0.25, -0.2) is 0 Å². The molecule has 81 heavy (non-hydrogen) atoms. The van der Waals surface area contributed by atoms with Gasteiger partial charge in [0.1, 0.15) is 13.2 Å². The molecule has 0 amide bonds. The maximum absolute atomic E-state index is 13.0. The van der Waals surface area contributed by atoms with Gasteiger partial charge in [-0.05, 0) is 135 Å². The number of ether oxygens (including phenoxy) is 3. The van der Waals surface area contributed by atoms with E-state index in [1.54, 1.807) is 0 Å². The van der Waals surface area contributed by atoms with Crippen molar-refractivity contribution in [2.75, 3.05) is 13.2 Å². The van der Waals surface area contributed by atoms with Gasteiger partial charge in [0.05, 0.1) is 0 Å².